The number of fused-ring (bicyclic) bond motifs is 1. The monoisotopic (exact) mass is 303 g/mol. The Bertz CT molecular complexity index is 736. The Morgan fingerprint density at radius 2 is 2.29 bits per heavy atom. The molecule has 0 saturated carbocycles. The summed E-state index contributed by atoms with van der Waals surface area (Å²) < 4.78 is 0. The predicted molar refractivity (Wildman–Crippen MR) is 77.4 cm³/mol. The van der Waals surface area contributed by atoms with Crippen LogP contribution in [-0.4, -0.2) is 21.0 Å². The Labute approximate surface area is 122 Å². The Kier molecular flexibility index (Phi) is 3.15. The maximum absolute atomic E-state index is 11.3. The highest BCUT2D eigenvalue weighted by Crippen LogP contribution is 2.36. The number of nitrogens with zero attached hydrogens (tertiary/aromatic N) is 3. The van der Waals surface area contributed by atoms with Crippen LogP contribution in [0.15, 0.2) is 30.0 Å². The molecule has 1 aliphatic rings. The van der Waals surface area contributed by atoms with Crippen molar-refractivity contribution in [3.63, 3.8) is 0 Å². The van der Waals surface area contributed by atoms with E-state index >= 15 is 0 Å². The van der Waals surface area contributed by atoms with Crippen molar-refractivity contribution >= 4 is 34.8 Å². The van der Waals surface area contributed by atoms with E-state index in [0.717, 1.165) is 22.8 Å². The molecule has 1 aliphatic heterocycles. The van der Waals surface area contributed by atoms with Gasteiger partial charge in [0.15, 0.2) is 0 Å². The van der Waals surface area contributed by atoms with Gasteiger partial charge in [0, 0.05) is 23.8 Å². The van der Waals surface area contributed by atoms with E-state index in [2.05, 4.69) is 4.98 Å². The normalized spacial score (nSPS) is 13.0. The number of nitro groups is 1. The lowest BCUT2D eigenvalue weighted by atomic mass is 10.1. The summed E-state index contributed by atoms with van der Waals surface area (Å²) in [6.07, 6.45) is 5.67. The molecule has 0 fully saturated rings. The molecule has 0 radical (unpaired) electrons. The van der Waals surface area contributed by atoms with Crippen LogP contribution >= 0.6 is 11.3 Å². The quantitative estimate of drug-likeness (QED) is 0.691. The number of aromatic carboxylic acids is 1. The molecule has 0 unspecified atom stereocenters. The molecule has 0 amide bonds. The van der Waals surface area contributed by atoms with E-state index < -0.39 is 10.9 Å². The summed E-state index contributed by atoms with van der Waals surface area (Å²) in [5.74, 6) is -1.24. The third kappa shape index (κ3) is 2.25. The van der Waals surface area contributed by atoms with E-state index in [9.17, 15) is 20.0 Å². The zero-order valence-corrected chi connectivity index (χ0v) is 11.4. The highest BCUT2D eigenvalue weighted by atomic mass is 32.1. The van der Waals surface area contributed by atoms with Crippen LogP contribution in [0.1, 0.15) is 20.8 Å². The molecule has 0 bridgehead atoms. The Morgan fingerprint density at radius 1 is 1.48 bits per heavy atom. The topological polar surface area (TPSA) is 96.6 Å². The van der Waals surface area contributed by atoms with Gasteiger partial charge in [-0.1, -0.05) is 0 Å². The van der Waals surface area contributed by atoms with Crippen molar-refractivity contribution in [3.8, 4) is 0 Å². The number of hydrogen-bond donors (Lipinski definition) is 1. The number of thiophene rings is 1. The van der Waals surface area contributed by atoms with Crippen molar-refractivity contribution in [2.24, 2.45) is 0 Å². The van der Waals surface area contributed by atoms with Gasteiger partial charge in [-0.25, -0.2) is 4.79 Å². The van der Waals surface area contributed by atoms with E-state index in [-0.39, 0.29) is 16.9 Å². The molecule has 2 aromatic rings. The molecule has 7 nitrogen and oxygen atoms in total. The van der Waals surface area contributed by atoms with Gasteiger partial charge in [-0.2, -0.15) is 0 Å². The predicted octanol–water partition coefficient (Wildman–Crippen LogP) is 2.74. The van der Waals surface area contributed by atoms with Crippen LogP contribution in [0.5, 0.6) is 0 Å². The standard InChI is InChI=1S/C13H9N3O4S/c17-13(18)9-5-14-6-10(16(19)20)12(9)15-3-1-11-8(7-15)2-4-21-11/h1-6H,7H2,(H,17,18). The number of aromatic nitrogens is 1. The molecule has 0 spiro atoms. The average Bonchev–Trinajstić information content (AvgIpc) is 2.93. The molecule has 3 rings (SSSR count). The van der Waals surface area contributed by atoms with Crippen LogP contribution in [0.25, 0.3) is 6.08 Å². The van der Waals surface area contributed by atoms with E-state index in [1.54, 1.807) is 22.4 Å². The molecule has 0 saturated heterocycles. The Hall–Kier alpha value is -2.74. The van der Waals surface area contributed by atoms with E-state index in [1.807, 2.05) is 17.5 Å². The first-order valence-electron chi connectivity index (χ1n) is 5.95. The van der Waals surface area contributed by atoms with Crippen molar-refractivity contribution in [2.75, 3.05) is 4.90 Å². The van der Waals surface area contributed by atoms with Gasteiger partial charge in [0.05, 0.1) is 4.92 Å². The van der Waals surface area contributed by atoms with E-state index in [4.69, 9.17) is 0 Å². The van der Waals surface area contributed by atoms with Gasteiger partial charge in [0.2, 0.25) is 0 Å². The van der Waals surface area contributed by atoms with Gasteiger partial charge in [-0.05, 0) is 23.1 Å². The maximum atomic E-state index is 11.3. The SMILES string of the molecule is O=C(O)c1cncc([N+](=O)[O-])c1N1C=Cc2sccc2C1. The second-order valence-electron chi connectivity index (χ2n) is 4.37. The highest BCUT2D eigenvalue weighted by Gasteiger charge is 2.28. The van der Waals surface area contributed by atoms with Crippen LogP contribution in [0.3, 0.4) is 0 Å². The molecular formula is C13H9N3O4S. The fourth-order valence-corrected chi connectivity index (χ4v) is 3.01. The largest absolute Gasteiger partial charge is 0.478 e. The third-order valence-corrected chi connectivity index (χ3v) is 4.06. The second-order valence-corrected chi connectivity index (χ2v) is 5.32. The summed E-state index contributed by atoms with van der Waals surface area (Å²) in [4.78, 5) is 28.1. The van der Waals surface area contributed by atoms with E-state index in [1.165, 1.54) is 0 Å². The molecule has 3 heterocycles. The molecular weight excluding hydrogens is 294 g/mol. The molecule has 1 N–H and O–H groups in total. The van der Waals surface area contributed by atoms with Gasteiger partial charge in [0.25, 0.3) is 0 Å². The van der Waals surface area contributed by atoms with Crippen molar-refractivity contribution in [2.45, 2.75) is 6.54 Å². The van der Waals surface area contributed by atoms with Gasteiger partial charge >= 0.3 is 11.7 Å². The molecule has 8 heteroatoms. The van der Waals surface area contributed by atoms with Crippen LogP contribution < -0.4 is 4.90 Å². The molecule has 2 aromatic heterocycles. The number of carbonyl (C=O) groups is 1. The number of pyridine rings is 1. The van der Waals surface area contributed by atoms with Crippen molar-refractivity contribution in [1.29, 1.82) is 0 Å². The minimum atomic E-state index is -1.24. The van der Waals surface area contributed by atoms with Gasteiger partial charge in [-0.15, -0.1) is 11.3 Å². The summed E-state index contributed by atoms with van der Waals surface area (Å²) >= 11 is 1.57. The zero-order valence-electron chi connectivity index (χ0n) is 10.6. The number of rotatable bonds is 3. The van der Waals surface area contributed by atoms with Crippen molar-refractivity contribution in [1.82, 2.24) is 4.98 Å². The number of anilines is 1. The summed E-state index contributed by atoms with van der Waals surface area (Å²) in [6.45, 7) is 0.389. The lowest BCUT2D eigenvalue weighted by molar-refractivity contribution is -0.384. The van der Waals surface area contributed by atoms with Crippen molar-refractivity contribution in [3.05, 3.63) is 56.2 Å². The van der Waals surface area contributed by atoms with Gasteiger partial charge in [0.1, 0.15) is 17.4 Å². The second kappa shape index (κ2) is 4.98. The molecule has 106 valence electrons. The number of carboxylic acid groups (broad SMARTS) is 1. The first-order chi connectivity index (χ1) is 10.1. The maximum Gasteiger partial charge on any atom is 0.339 e. The Balaban J connectivity index is 2.13. The number of hydrogen-bond acceptors (Lipinski definition) is 6. The van der Waals surface area contributed by atoms with Crippen LogP contribution in [-0.2, 0) is 6.54 Å². The van der Waals surface area contributed by atoms with Gasteiger partial charge < -0.3 is 10.0 Å². The van der Waals surface area contributed by atoms with Crippen LogP contribution in [0.2, 0.25) is 0 Å². The molecule has 0 aromatic carbocycles. The lowest BCUT2D eigenvalue weighted by Gasteiger charge is -2.24. The smallest absolute Gasteiger partial charge is 0.339 e. The fraction of sp³-hybridized carbons (Fsp3) is 0.0769. The van der Waals surface area contributed by atoms with E-state index in [0.29, 0.717) is 6.54 Å². The van der Waals surface area contributed by atoms with Crippen molar-refractivity contribution < 1.29 is 14.8 Å². The summed E-state index contributed by atoms with van der Waals surface area (Å²) in [5, 5.41) is 22.3. The summed E-state index contributed by atoms with van der Waals surface area (Å²) in [5.41, 5.74) is 0.548. The Morgan fingerprint density at radius 3 is 3.00 bits per heavy atom. The lowest BCUT2D eigenvalue weighted by Crippen LogP contribution is -2.22. The average molecular weight is 303 g/mol. The fourth-order valence-electron chi connectivity index (χ4n) is 2.21. The minimum absolute atomic E-state index is 0.0515. The van der Waals surface area contributed by atoms with Crippen LogP contribution in [0, 0.1) is 10.1 Å². The third-order valence-electron chi connectivity index (χ3n) is 3.14. The zero-order chi connectivity index (χ0) is 15.0. The molecule has 0 aliphatic carbocycles. The summed E-state index contributed by atoms with van der Waals surface area (Å²) in [7, 11) is 0. The highest BCUT2D eigenvalue weighted by molar-refractivity contribution is 7.11. The first kappa shape index (κ1) is 13.3. The first-order valence-corrected chi connectivity index (χ1v) is 6.83. The molecule has 21 heavy (non-hydrogen) atoms. The van der Waals surface area contributed by atoms with Crippen LogP contribution in [0.4, 0.5) is 11.4 Å². The number of carboxylic acids is 1. The van der Waals surface area contributed by atoms with Gasteiger partial charge in [-0.3, -0.25) is 15.1 Å². The minimum Gasteiger partial charge on any atom is -0.478 e. The summed E-state index contributed by atoms with van der Waals surface area (Å²) in [6, 6.07) is 1.92. The molecule has 0 atom stereocenters.